The van der Waals surface area contributed by atoms with Crippen LogP contribution in [0.25, 0.3) is 22.2 Å². The Morgan fingerprint density at radius 3 is 2.61 bits per heavy atom. The number of aliphatic carboxylic acids is 1. The highest BCUT2D eigenvalue weighted by Crippen LogP contribution is 2.36. The number of carboxylic acids is 1. The number of unbranched alkanes of at least 4 members (excludes halogenated alkanes) is 1. The number of hydrogen-bond donors (Lipinski definition) is 2. The maximum absolute atomic E-state index is 11.6. The fourth-order valence-electron chi connectivity index (χ4n) is 3.51. The summed E-state index contributed by atoms with van der Waals surface area (Å²) in [5.41, 5.74) is 4.67. The lowest BCUT2D eigenvalue weighted by Gasteiger charge is -2.11. The lowest BCUT2D eigenvalue weighted by Crippen LogP contribution is -2.01. The first kappa shape index (κ1) is 19.8. The Morgan fingerprint density at radius 1 is 1.11 bits per heavy atom. The molecule has 0 saturated heterocycles. The van der Waals surface area contributed by atoms with E-state index in [0.29, 0.717) is 18.1 Å². The molecule has 3 rings (SSSR count). The third kappa shape index (κ3) is 4.14. The summed E-state index contributed by atoms with van der Waals surface area (Å²) < 4.78 is 11.1. The second-order valence-electron chi connectivity index (χ2n) is 6.83. The molecule has 3 aromatic rings. The Kier molecular flexibility index (Phi) is 6.24. The van der Waals surface area contributed by atoms with Crippen molar-refractivity contribution in [2.75, 3.05) is 13.7 Å². The van der Waals surface area contributed by atoms with Gasteiger partial charge in [-0.2, -0.15) is 0 Å². The molecule has 0 bridgehead atoms. The molecule has 0 saturated carbocycles. The van der Waals surface area contributed by atoms with Gasteiger partial charge in [0.05, 0.1) is 25.8 Å². The molecule has 5 heteroatoms. The summed E-state index contributed by atoms with van der Waals surface area (Å²) in [6.07, 6.45) is 3.21. The molecule has 148 valence electrons. The number of aromatic nitrogens is 1. The Hall–Kier alpha value is -2.95. The number of hydrogen-bond acceptors (Lipinski definition) is 3. The number of H-pyrrole nitrogens is 1. The highest BCUT2D eigenvalue weighted by atomic mass is 16.5. The zero-order chi connectivity index (χ0) is 20.1. The molecule has 0 amide bonds. The topological polar surface area (TPSA) is 71.5 Å². The van der Waals surface area contributed by atoms with Crippen LogP contribution in [0.5, 0.6) is 11.5 Å². The van der Waals surface area contributed by atoms with Crippen LogP contribution in [0.1, 0.15) is 37.8 Å². The molecule has 0 aliphatic carbocycles. The monoisotopic (exact) mass is 381 g/mol. The summed E-state index contributed by atoms with van der Waals surface area (Å²) in [4.78, 5) is 15.0. The highest BCUT2D eigenvalue weighted by molar-refractivity contribution is 5.94. The molecular weight excluding hydrogens is 354 g/mol. The summed E-state index contributed by atoms with van der Waals surface area (Å²) in [6, 6.07) is 12.0. The summed E-state index contributed by atoms with van der Waals surface area (Å²) >= 11 is 0. The van der Waals surface area contributed by atoms with E-state index in [4.69, 9.17) is 9.47 Å². The molecule has 0 aliphatic heterocycles. The first-order chi connectivity index (χ1) is 13.6. The van der Waals surface area contributed by atoms with E-state index in [1.165, 1.54) is 5.56 Å². The number of aromatic amines is 1. The predicted molar refractivity (Wildman–Crippen MR) is 111 cm³/mol. The van der Waals surface area contributed by atoms with E-state index >= 15 is 0 Å². The minimum absolute atomic E-state index is 0.0391. The number of benzene rings is 2. The van der Waals surface area contributed by atoms with E-state index in [1.54, 1.807) is 7.11 Å². The Bertz CT molecular complexity index is 974. The third-order valence-corrected chi connectivity index (χ3v) is 4.87. The average Bonchev–Trinajstić information content (AvgIpc) is 3.04. The van der Waals surface area contributed by atoms with Gasteiger partial charge >= 0.3 is 5.97 Å². The third-order valence-electron chi connectivity index (χ3n) is 4.87. The Labute approximate surface area is 165 Å². The quantitative estimate of drug-likeness (QED) is 0.534. The lowest BCUT2D eigenvalue weighted by molar-refractivity contribution is -0.136. The Balaban J connectivity index is 2.14. The van der Waals surface area contributed by atoms with E-state index in [1.807, 2.05) is 31.2 Å². The van der Waals surface area contributed by atoms with Gasteiger partial charge in [-0.25, -0.2) is 0 Å². The van der Waals surface area contributed by atoms with E-state index in [-0.39, 0.29) is 6.42 Å². The standard InChI is InChI=1S/C23H27NO4/c1-4-6-7-15-8-10-19-17(12-15)18(14-22(25)26)23(24-19)16-9-11-20(27-3)21(13-16)28-5-2/h8-13,24H,4-7,14H2,1-3H3,(H,25,26). The molecule has 0 radical (unpaired) electrons. The zero-order valence-electron chi connectivity index (χ0n) is 16.7. The molecule has 1 aromatic heterocycles. The van der Waals surface area contributed by atoms with Crippen LogP contribution in [0.15, 0.2) is 36.4 Å². The van der Waals surface area contributed by atoms with E-state index in [2.05, 4.69) is 24.0 Å². The number of nitrogens with one attached hydrogen (secondary N) is 1. The van der Waals surface area contributed by atoms with E-state index in [9.17, 15) is 9.90 Å². The molecule has 2 aromatic carbocycles. The van der Waals surface area contributed by atoms with Crippen molar-refractivity contribution in [3.63, 3.8) is 0 Å². The van der Waals surface area contributed by atoms with Crippen molar-refractivity contribution in [3.8, 4) is 22.8 Å². The largest absolute Gasteiger partial charge is 0.493 e. The van der Waals surface area contributed by atoms with Crippen molar-refractivity contribution in [3.05, 3.63) is 47.5 Å². The van der Waals surface area contributed by atoms with E-state index < -0.39 is 5.97 Å². The van der Waals surface area contributed by atoms with Gasteiger partial charge in [-0.15, -0.1) is 0 Å². The summed E-state index contributed by atoms with van der Waals surface area (Å²) in [5.74, 6) is 0.453. The molecule has 5 nitrogen and oxygen atoms in total. The number of fused-ring (bicyclic) bond motifs is 1. The minimum Gasteiger partial charge on any atom is -0.493 e. The van der Waals surface area contributed by atoms with Crippen LogP contribution in [0.3, 0.4) is 0 Å². The van der Waals surface area contributed by atoms with Crippen molar-refractivity contribution in [2.45, 2.75) is 39.5 Å². The van der Waals surface area contributed by atoms with Gasteiger partial charge in [0.25, 0.3) is 0 Å². The number of rotatable bonds is 9. The Morgan fingerprint density at radius 2 is 1.93 bits per heavy atom. The minimum atomic E-state index is -0.848. The summed E-state index contributed by atoms with van der Waals surface area (Å²) in [6.45, 7) is 4.61. The molecule has 1 heterocycles. The molecule has 0 aliphatic rings. The molecule has 28 heavy (non-hydrogen) atoms. The first-order valence-corrected chi connectivity index (χ1v) is 9.73. The number of methoxy groups -OCH3 is 1. The van der Waals surface area contributed by atoms with Crippen molar-refractivity contribution in [1.82, 2.24) is 4.98 Å². The van der Waals surface area contributed by atoms with Crippen molar-refractivity contribution in [1.29, 1.82) is 0 Å². The van der Waals surface area contributed by atoms with Crippen LogP contribution in [-0.2, 0) is 17.6 Å². The molecule has 0 atom stereocenters. The van der Waals surface area contributed by atoms with Crippen LogP contribution in [-0.4, -0.2) is 29.8 Å². The number of carbonyl (C=O) groups is 1. The van der Waals surface area contributed by atoms with Gasteiger partial charge in [0, 0.05) is 16.5 Å². The molecule has 0 fully saturated rings. The maximum atomic E-state index is 11.6. The highest BCUT2D eigenvalue weighted by Gasteiger charge is 2.18. The van der Waals surface area contributed by atoms with Gasteiger partial charge in [-0.1, -0.05) is 19.4 Å². The molecular formula is C23H27NO4. The van der Waals surface area contributed by atoms with Gasteiger partial charge in [-0.05, 0) is 61.2 Å². The molecule has 2 N–H and O–H groups in total. The SMILES string of the molecule is CCCCc1ccc2[nH]c(-c3ccc(OC)c(OCC)c3)c(CC(=O)O)c2c1. The van der Waals surface area contributed by atoms with Gasteiger partial charge < -0.3 is 19.6 Å². The number of ether oxygens (including phenoxy) is 2. The van der Waals surface area contributed by atoms with Gasteiger partial charge in [-0.3, -0.25) is 4.79 Å². The summed E-state index contributed by atoms with van der Waals surface area (Å²) in [7, 11) is 1.61. The maximum Gasteiger partial charge on any atom is 0.307 e. The normalized spacial score (nSPS) is 11.0. The second kappa shape index (κ2) is 8.83. The lowest BCUT2D eigenvalue weighted by atomic mass is 10.00. The van der Waals surface area contributed by atoms with Gasteiger partial charge in [0.1, 0.15) is 0 Å². The molecule has 0 unspecified atom stereocenters. The smallest absolute Gasteiger partial charge is 0.307 e. The molecule has 0 spiro atoms. The first-order valence-electron chi connectivity index (χ1n) is 9.73. The van der Waals surface area contributed by atoms with Crippen molar-refractivity contribution < 1.29 is 19.4 Å². The van der Waals surface area contributed by atoms with Gasteiger partial charge in [0.15, 0.2) is 11.5 Å². The van der Waals surface area contributed by atoms with Crippen LogP contribution in [0.2, 0.25) is 0 Å². The number of aryl methyl sites for hydroxylation is 1. The summed E-state index contributed by atoms with van der Waals surface area (Å²) in [5, 5.41) is 10.5. The van der Waals surface area contributed by atoms with Crippen LogP contribution in [0.4, 0.5) is 0 Å². The van der Waals surface area contributed by atoms with Crippen molar-refractivity contribution in [2.24, 2.45) is 0 Å². The fourth-order valence-corrected chi connectivity index (χ4v) is 3.51. The van der Waals surface area contributed by atoms with Gasteiger partial charge in [0.2, 0.25) is 0 Å². The van der Waals surface area contributed by atoms with Crippen LogP contribution >= 0.6 is 0 Å². The average molecular weight is 381 g/mol. The zero-order valence-corrected chi connectivity index (χ0v) is 16.7. The predicted octanol–water partition coefficient (Wildman–Crippen LogP) is 5.21. The van der Waals surface area contributed by atoms with E-state index in [0.717, 1.165) is 47.0 Å². The second-order valence-corrected chi connectivity index (χ2v) is 6.83. The van der Waals surface area contributed by atoms with Crippen LogP contribution < -0.4 is 9.47 Å². The van der Waals surface area contributed by atoms with Crippen LogP contribution in [0, 0.1) is 0 Å². The van der Waals surface area contributed by atoms with Crippen molar-refractivity contribution >= 4 is 16.9 Å². The fraction of sp³-hybridized carbons (Fsp3) is 0.348. The number of carboxylic acid groups (broad SMARTS) is 1.